The van der Waals surface area contributed by atoms with Crippen LogP contribution in [0.1, 0.15) is 53.4 Å². The van der Waals surface area contributed by atoms with Gasteiger partial charge in [0.25, 0.3) is 0 Å². The zero-order chi connectivity index (χ0) is 22.7. The molecule has 0 aliphatic carbocycles. The molecular weight excluding hydrogens is 403 g/mol. The number of hydrogen-bond donors (Lipinski definition) is 2. The van der Waals surface area contributed by atoms with Crippen LogP contribution >= 0.6 is 12.2 Å². The first-order chi connectivity index (χ1) is 15.1. The maximum atomic E-state index is 5.40. The van der Waals surface area contributed by atoms with Crippen molar-refractivity contribution in [1.82, 2.24) is 0 Å². The summed E-state index contributed by atoms with van der Waals surface area (Å²) >= 11 is 5.30. The third kappa shape index (κ3) is 12.9. The minimum Gasteiger partial charge on any atom is -0.494 e. The van der Waals surface area contributed by atoms with E-state index in [4.69, 9.17) is 21.7 Å². The molecule has 0 heterocycles. The van der Waals surface area contributed by atoms with E-state index in [1.807, 2.05) is 62.4 Å². The first-order valence-electron chi connectivity index (χ1n) is 11.7. The molecule has 2 rings (SSSR count). The van der Waals surface area contributed by atoms with Crippen LogP contribution in [0.15, 0.2) is 48.5 Å². The standard InChI is InChI=1S/C17H20N2O2S.C8H19B/c1-3-20-15-9-5-13(6-10-15)18-17(22)19-14-7-11-16(12-8-14)21-4-2;1-3-5-7-9-8-6-4-2/h5-12H,3-4H2,1-2H3,(H2,18,19,22);9H,3-8H2,1-2H3. The van der Waals surface area contributed by atoms with E-state index in [2.05, 4.69) is 24.5 Å². The summed E-state index contributed by atoms with van der Waals surface area (Å²) in [6, 6.07) is 15.3. The molecule has 0 saturated carbocycles. The van der Waals surface area contributed by atoms with E-state index in [-0.39, 0.29) is 0 Å². The van der Waals surface area contributed by atoms with Crippen molar-refractivity contribution in [2.45, 2.75) is 66.0 Å². The SMILES string of the molecule is CCCCBCCCC.CCOc1ccc(NC(=S)Nc2ccc(OCC)cc2)cc1. The highest BCUT2D eigenvalue weighted by Gasteiger charge is 2.00. The summed E-state index contributed by atoms with van der Waals surface area (Å²) in [6.45, 7) is 9.76. The van der Waals surface area contributed by atoms with Crippen LogP contribution in [0.5, 0.6) is 11.5 Å². The van der Waals surface area contributed by atoms with Gasteiger partial charge in [0.05, 0.1) is 13.2 Å². The summed E-state index contributed by atoms with van der Waals surface area (Å²) in [7, 11) is 1.46. The number of ether oxygens (including phenoxy) is 2. The molecule has 6 heteroatoms. The second-order valence-electron chi connectivity index (χ2n) is 7.26. The van der Waals surface area contributed by atoms with Crippen LogP contribution in [0.2, 0.25) is 12.6 Å². The third-order valence-electron chi connectivity index (χ3n) is 4.55. The van der Waals surface area contributed by atoms with Gasteiger partial charge in [-0.1, -0.05) is 52.2 Å². The largest absolute Gasteiger partial charge is 0.494 e. The van der Waals surface area contributed by atoms with Crippen LogP contribution in [0.4, 0.5) is 11.4 Å². The Hall–Kier alpha value is -2.21. The second-order valence-corrected chi connectivity index (χ2v) is 7.67. The molecule has 0 saturated heterocycles. The van der Waals surface area contributed by atoms with Crippen molar-refractivity contribution in [2.24, 2.45) is 0 Å². The minimum atomic E-state index is 0.535. The van der Waals surface area contributed by atoms with E-state index in [1.54, 1.807) is 0 Å². The van der Waals surface area contributed by atoms with E-state index in [0.717, 1.165) is 22.9 Å². The molecule has 2 aromatic rings. The van der Waals surface area contributed by atoms with Crippen LogP contribution in [0.3, 0.4) is 0 Å². The maximum Gasteiger partial charge on any atom is 0.175 e. The number of unbranched alkanes of at least 4 members (excludes halogenated alkanes) is 2. The Morgan fingerprint density at radius 2 is 1.10 bits per heavy atom. The van der Waals surface area contributed by atoms with Gasteiger partial charge < -0.3 is 20.1 Å². The van der Waals surface area contributed by atoms with E-state index in [0.29, 0.717) is 18.3 Å². The van der Waals surface area contributed by atoms with Gasteiger partial charge in [0, 0.05) is 11.4 Å². The van der Waals surface area contributed by atoms with E-state index in [1.165, 1.54) is 45.6 Å². The Morgan fingerprint density at radius 3 is 1.42 bits per heavy atom. The van der Waals surface area contributed by atoms with Crippen molar-refractivity contribution in [3.8, 4) is 11.5 Å². The average molecular weight is 442 g/mol. The summed E-state index contributed by atoms with van der Waals surface area (Å²) in [6.07, 6.45) is 8.51. The third-order valence-corrected chi connectivity index (χ3v) is 4.76. The molecule has 2 aromatic carbocycles. The highest BCUT2D eigenvalue weighted by molar-refractivity contribution is 7.80. The van der Waals surface area contributed by atoms with Crippen LogP contribution in [0.25, 0.3) is 0 Å². The lowest BCUT2D eigenvalue weighted by Gasteiger charge is -2.12. The average Bonchev–Trinajstić information content (AvgIpc) is 2.77. The molecule has 0 bridgehead atoms. The fourth-order valence-corrected chi connectivity index (χ4v) is 3.16. The van der Waals surface area contributed by atoms with Gasteiger partial charge in [-0.3, -0.25) is 0 Å². The summed E-state index contributed by atoms with van der Waals surface area (Å²) in [5.41, 5.74) is 1.82. The Bertz CT molecular complexity index is 649. The van der Waals surface area contributed by atoms with Crippen LogP contribution < -0.4 is 20.1 Å². The van der Waals surface area contributed by atoms with Crippen LogP contribution in [0, 0.1) is 0 Å². The normalized spacial score (nSPS) is 9.81. The fourth-order valence-electron chi connectivity index (χ4n) is 2.93. The molecule has 0 spiro atoms. The Kier molecular flexibility index (Phi) is 15.1. The Balaban J connectivity index is 0.000000452. The van der Waals surface area contributed by atoms with E-state index < -0.39 is 0 Å². The molecule has 0 unspecified atom stereocenters. The van der Waals surface area contributed by atoms with Crippen molar-refractivity contribution in [3.05, 3.63) is 48.5 Å². The summed E-state index contributed by atoms with van der Waals surface area (Å²) in [5, 5.41) is 6.80. The molecule has 0 aromatic heterocycles. The predicted molar refractivity (Wildman–Crippen MR) is 142 cm³/mol. The predicted octanol–water partition coefficient (Wildman–Crippen LogP) is 7.15. The zero-order valence-electron chi connectivity index (χ0n) is 19.7. The van der Waals surface area contributed by atoms with Crippen molar-refractivity contribution >= 4 is 36.0 Å². The number of rotatable bonds is 12. The minimum absolute atomic E-state index is 0.535. The molecule has 0 amide bonds. The van der Waals surface area contributed by atoms with Crippen molar-refractivity contribution in [1.29, 1.82) is 0 Å². The number of hydrogen-bond acceptors (Lipinski definition) is 3. The van der Waals surface area contributed by atoms with Gasteiger partial charge in [0.1, 0.15) is 18.8 Å². The first-order valence-corrected chi connectivity index (χ1v) is 12.1. The number of anilines is 2. The maximum absolute atomic E-state index is 5.40. The number of benzene rings is 2. The lowest BCUT2D eigenvalue weighted by atomic mass is 9.68. The van der Waals surface area contributed by atoms with Gasteiger partial charge in [-0.2, -0.15) is 0 Å². The van der Waals surface area contributed by atoms with E-state index >= 15 is 0 Å². The lowest BCUT2D eigenvalue weighted by Crippen LogP contribution is -2.18. The van der Waals surface area contributed by atoms with Crippen LogP contribution in [-0.4, -0.2) is 25.6 Å². The quantitative estimate of drug-likeness (QED) is 0.208. The molecule has 4 nitrogen and oxygen atoms in total. The Labute approximate surface area is 195 Å². The van der Waals surface area contributed by atoms with Gasteiger partial charge in [-0.25, -0.2) is 0 Å². The highest BCUT2D eigenvalue weighted by Crippen LogP contribution is 2.18. The highest BCUT2D eigenvalue weighted by atomic mass is 32.1. The van der Waals surface area contributed by atoms with Crippen molar-refractivity contribution in [2.75, 3.05) is 23.8 Å². The number of nitrogens with one attached hydrogen (secondary N) is 2. The van der Waals surface area contributed by atoms with Crippen LogP contribution in [-0.2, 0) is 0 Å². The zero-order valence-corrected chi connectivity index (χ0v) is 20.5. The lowest BCUT2D eigenvalue weighted by molar-refractivity contribution is 0.340. The van der Waals surface area contributed by atoms with Crippen molar-refractivity contribution in [3.63, 3.8) is 0 Å². The molecule has 31 heavy (non-hydrogen) atoms. The topological polar surface area (TPSA) is 42.5 Å². The monoisotopic (exact) mass is 442 g/mol. The first kappa shape index (κ1) is 26.8. The molecule has 0 radical (unpaired) electrons. The molecule has 0 aliphatic rings. The number of thiocarbonyl (C=S) groups is 1. The summed E-state index contributed by atoms with van der Waals surface area (Å²) in [5.74, 6) is 1.69. The summed E-state index contributed by atoms with van der Waals surface area (Å²) < 4.78 is 10.8. The van der Waals surface area contributed by atoms with Gasteiger partial charge in [0.2, 0.25) is 0 Å². The van der Waals surface area contributed by atoms with Gasteiger partial charge in [0.15, 0.2) is 5.11 Å². The smallest absolute Gasteiger partial charge is 0.175 e. The van der Waals surface area contributed by atoms with Crippen molar-refractivity contribution < 1.29 is 9.47 Å². The molecule has 2 N–H and O–H groups in total. The molecule has 0 atom stereocenters. The molecule has 170 valence electrons. The molecule has 0 aliphatic heterocycles. The second kappa shape index (κ2) is 17.5. The molecular formula is C25H39BN2O2S. The Morgan fingerprint density at radius 1 is 0.710 bits per heavy atom. The van der Waals surface area contributed by atoms with Gasteiger partial charge >= 0.3 is 0 Å². The van der Waals surface area contributed by atoms with E-state index in [9.17, 15) is 0 Å². The summed E-state index contributed by atoms with van der Waals surface area (Å²) in [4.78, 5) is 0. The molecule has 0 fully saturated rings. The fraction of sp³-hybridized carbons (Fsp3) is 0.480. The van der Waals surface area contributed by atoms with Gasteiger partial charge in [-0.15, -0.1) is 0 Å². The van der Waals surface area contributed by atoms with Gasteiger partial charge in [-0.05, 0) is 74.6 Å².